The number of halogens is 1. The third-order valence-electron chi connectivity index (χ3n) is 7.21. The van der Waals surface area contributed by atoms with Gasteiger partial charge in [0.25, 0.3) is 0 Å². The summed E-state index contributed by atoms with van der Waals surface area (Å²) >= 11 is 0. The Hall–Kier alpha value is -3.67. The molecule has 0 aliphatic heterocycles. The van der Waals surface area contributed by atoms with Gasteiger partial charge in [-0.3, -0.25) is 4.79 Å². The third kappa shape index (κ3) is 4.41. The van der Waals surface area contributed by atoms with E-state index in [0.29, 0.717) is 32.1 Å². The van der Waals surface area contributed by atoms with Crippen LogP contribution in [0.1, 0.15) is 49.0 Å². The number of hydrogen-bond acceptors (Lipinski definition) is 2. The molecular formula is C29H29FN2O3. The standard InChI is InChI=1S/C29H29FN2O3/c1-2-25(29(34)35)32-26-13-11-20(30)16-23(26)24-17-21(12-14-27(24)32)31-28(33)15-10-19-8-5-7-18-6-3-4-9-22(18)19/h3-9,11,13,16,21,25H,2,10,12,14-15,17H2,1H3,(H,31,33)(H,34,35). The first kappa shape index (κ1) is 23.1. The first-order chi connectivity index (χ1) is 17.0. The molecule has 0 saturated heterocycles. The lowest BCUT2D eigenvalue weighted by Gasteiger charge is -2.26. The van der Waals surface area contributed by atoms with Gasteiger partial charge in [0.05, 0.1) is 0 Å². The zero-order chi connectivity index (χ0) is 24.5. The van der Waals surface area contributed by atoms with Crippen molar-refractivity contribution in [3.63, 3.8) is 0 Å². The van der Waals surface area contributed by atoms with Gasteiger partial charge >= 0.3 is 5.97 Å². The van der Waals surface area contributed by atoms with Gasteiger partial charge in [0.15, 0.2) is 0 Å². The SMILES string of the molecule is CCC(C(=O)O)n1c2c(c3cc(F)ccc31)CC(NC(=O)CCc1cccc3ccccc13)CC2. The fourth-order valence-electron chi connectivity index (χ4n) is 5.57. The van der Waals surface area contributed by atoms with Crippen LogP contribution in [0.3, 0.4) is 0 Å². The minimum absolute atomic E-state index is 0.00160. The molecule has 0 fully saturated rings. The van der Waals surface area contributed by atoms with Crippen LogP contribution in [0.4, 0.5) is 4.39 Å². The van der Waals surface area contributed by atoms with Crippen molar-refractivity contribution in [3.05, 3.63) is 83.3 Å². The van der Waals surface area contributed by atoms with Crippen molar-refractivity contribution < 1.29 is 19.1 Å². The molecule has 2 atom stereocenters. The van der Waals surface area contributed by atoms with Crippen molar-refractivity contribution in [2.45, 2.75) is 57.5 Å². The minimum atomic E-state index is -0.889. The lowest BCUT2D eigenvalue weighted by Crippen LogP contribution is -2.39. The molecule has 180 valence electrons. The lowest BCUT2D eigenvalue weighted by molar-refractivity contribution is -0.141. The molecule has 5 rings (SSSR count). The van der Waals surface area contributed by atoms with E-state index in [-0.39, 0.29) is 17.8 Å². The van der Waals surface area contributed by atoms with Gasteiger partial charge in [-0.25, -0.2) is 9.18 Å². The van der Waals surface area contributed by atoms with Crippen LogP contribution in [0.2, 0.25) is 0 Å². The molecule has 6 heteroatoms. The Balaban J connectivity index is 1.34. The van der Waals surface area contributed by atoms with Crippen molar-refractivity contribution >= 4 is 33.6 Å². The summed E-state index contributed by atoms with van der Waals surface area (Å²) in [4.78, 5) is 24.8. The number of benzene rings is 3. The van der Waals surface area contributed by atoms with Crippen LogP contribution in [0.15, 0.2) is 60.7 Å². The van der Waals surface area contributed by atoms with Gasteiger partial charge in [0.2, 0.25) is 5.91 Å². The van der Waals surface area contributed by atoms with E-state index in [4.69, 9.17) is 0 Å². The topological polar surface area (TPSA) is 71.3 Å². The van der Waals surface area contributed by atoms with Crippen LogP contribution >= 0.6 is 0 Å². The normalized spacial score (nSPS) is 16.2. The molecule has 0 radical (unpaired) electrons. The number of amides is 1. The van der Waals surface area contributed by atoms with Gasteiger partial charge in [-0.05, 0) is 72.2 Å². The van der Waals surface area contributed by atoms with Crippen molar-refractivity contribution in [2.75, 3.05) is 0 Å². The zero-order valence-electron chi connectivity index (χ0n) is 19.8. The number of aliphatic carboxylic acids is 1. The van der Waals surface area contributed by atoms with Crippen LogP contribution in [0, 0.1) is 5.82 Å². The number of nitrogens with zero attached hydrogens (tertiary/aromatic N) is 1. The predicted molar refractivity (Wildman–Crippen MR) is 135 cm³/mol. The Morgan fingerprint density at radius 3 is 2.71 bits per heavy atom. The molecule has 1 amide bonds. The monoisotopic (exact) mass is 472 g/mol. The number of aromatic nitrogens is 1. The summed E-state index contributed by atoms with van der Waals surface area (Å²) in [6.07, 6.45) is 3.43. The van der Waals surface area contributed by atoms with E-state index in [1.165, 1.54) is 22.9 Å². The second-order valence-electron chi connectivity index (χ2n) is 9.36. The number of hydrogen-bond donors (Lipinski definition) is 2. The Morgan fingerprint density at radius 1 is 1.11 bits per heavy atom. The molecule has 0 bridgehead atoms. The lowest BCUT2D eigenvalue weighted by atomic mass is 9.91. The van der Waals surface area contributed by atoms with E-state index < -0.39 is 12.0 Å². The number of fused-ring (bicyclic) bond motifs is 4. The highest BCUT2D eigenvalue weighted by Crippen LogP contribution is 2.36. The Morgan fingerprint density at radius 2 is 1.91 bits per heavy atom. The predicted octanol–water partition coefficient (Wildman–Crippen LogP) is 5.58. The summed E-state index contributed by atoms with van der Waals surface area (Å²) in [6.45, 7) is 1.85. The Labute approximate surface area is 203 Å². The van der Waals surface area contributed by atoms with Crippen LogP contribution < -0.4 is 5.32 Å². The van der Waals surface area contributed by atoms with E-state index >= 15 is 0 Å². The summed E-state index contributed by atoms with van der Waals surface area (Å²) in [6, 6.07) is 18.1. The fraction of sp³-hybridized carbons (Fsp3) is 0.310. The summed E-state index contributed by atoms with van der Waals surface area (Å²) in [7, 11) is 0. The van der Waals surface area contributed by atoms with E-state index in [1.54, 1.807) is 6.07 Å². The van der Waals surface area contributed by atoms with Crippen LogP contribution in [-0.4, -0.2) is 27.6 Å². The number of nitrogens with one attached hydrogen (secondary N) is 1. The second kappa shape index (κ2) is 9.53. The molecule has 0 spiro atoms. The van der Waals surface area contributed by atoms with Crippen LogP contribution in [0.25, 0.3) is 21.7 Å². The number of carboxylic acid groups (broad SMARTS) is 1. The number of carbonyl (C=O) groups excluding carboxylic acids is 1. The highest BCUT2D eigenvalue weighted by atomic mass is 19.1. The largest absolute Gasteiger partial charge is 0.480 e. The second-order valence-corrected chi connectivity index (χ2v) is 9.36. The quantitative estimate of drug-likeness (QED) is 0.369. The summed E-state index contributed by atoms with van der Waals surface area (Å²) in [5.74, 6) is -1.24. The van der Waals surface area contributed by atoms with Crippen molar-refractivity contribution in [1.82, 2.24) is 9.88 Å². The first-order valence-corrected chi connectivity index (χ1v) is 12.3. The average Bonchev–Trinajstić information content (AvgIpc) is 3.16. The highest BCUT2D eigenvalue weighted by molar-refractivity contribution is 5.89. The van der Waals surface area contributed by atoms with Gasteiger partial charge in [-0.15, -0.1) is 0 Å². The molecular weight excluding hydrogens is 443 g/mol. The maximum atomic E-state index is 14.1. The van der Waals surface area contributed by atoms with E-state index in [0.717, 1.165) is 34.1 Å². The van der Waals surface area contributed by atoms with Gasteiger partial charge < -0.3 is 15.0 Å². The summed E-state index contributed by atoms with van der Waals surface area (Å²) in [5.41, 5.74) is 3.79. The molecule has 2 N–H and O–H groups in total. The minimum Gasteiger partial charge on any atom is -0.480 e. The van der Waals surface area contributed by atoms with E-state index in [1.807, 2.05) is 29.7 Å². The van der Waals surface area contributed by atoms with E-state index in [2.05, 4.69) is 29.6 Å². The van der Waals surface area contributed by atoms with Crippen molar-refractivity contribution in [1.29, 1.82) is 0 Å². The number of rotatable bonds is 7. The molecule has 1 heterocycles. The average molecular weight is 473 g/mol. The molecule has 1 aliphatic carbocycles. The highest BCUT2D eigenvalue weighted by Gasteiger charge is 2.30. The summed E-state index contributed by atoms with van der Waals surface area (Å²) in [5, 5.41) is 16.1. The fourth-order valence-corrected chi connectivity index (χ4v) is 5.57. The van der Waals surface area contributed by atoms with Crippen molar-refractivity contribution in [2.24, 2.45) is 0 Å². The van der Waals surface area contributed by atoms with Crippen molar-refractivity contribution in [3.8, 4) is 0 Å². The van der Waals surface area contributed by atoms with Crippen LogP contribution in [0.5, 0.6) is 0 Å². The maximum Gasteiger partial charge on any atom is 0.326 e. The molecule has 1 aliphatic rings. The molecule has 35 heavy (non-hydrogen) atoms. The summed E-state index contributed by atoms with van der Waals surface area (Å²) < 4.78 is 16.0. The van der Waals surface area contributed by atoms with E-state index in [9.17, 15) is 19.1 Å². The van der Waals surface area contributed by atoms with Gasteiger partial charge in [-0.2, -0.15) is 0 Å². The first-order valence-electron chi connectivity index (χ1n) is 12.3. The molecule has 1 aromatic heterocycles. The van der Waals surface area contributed by atoms with Gasteiger partial charge in [-0.1, -0.05) is 49.4 Å². The molecule has 5 nitrogen and oxygen atoms in total. The van der Waals surface area contributed by atoms with Crippen LogP contribution in [-0.2, 0) is 28.9 Å². The Kier molecular flexibility index (Phi) is 6.29. The molecule has 3 aromatic carbocycles. The smallest absolute Gasteiger partial charge is 0.326 e. The Bertz CT molecular complexity index is 1420. The van der Waals surface area contributed by atoms with Gasteiger partial charge in [0, 0.05) is 29.1 Å². The molecule has 4 aromatic rings. The number of carboxylic acids is 1. The number of carbonyl (C=O) groups is 2. The molecule has 2 unspecified atom stereocenters. The van der Waals surface area contributed by atoms with Gasteiger partial charge in [0.1, 0.15) is 11.9 Å². The number of aryl methyl sites for hydroxylation is 1. The zero-order valence-corrected chi connectivity index (χ0v) is 19.8. The molecule has 0 saturated carbocycles. The maximum absolute atomic E-state index is 14.1. The third-order valence-corrected chi connectivity index (χ3v) is 7.21.